The van der Waals surface area contributed by atoms with Crippen molar-refractivity contribution in [2.24, 2.45) is 5.92 Å². The van der Waals surface area contributed by atoms with Crippen molar-refractivity contribution in [3.05, 3.63) is 0 Å². The minimum atomic E-state index is -4.18. The number of likely N-dealkylation sites (tertiary alicyclic amines) is 1. The fourth-order valence-corrected chi connectivity index (χ4v) is 2.98. The van der Waals surface area contributed by atoms with E-state index in [9.17, 15) is 18.0 Å². The van der Waals surface area contributed by atoms with E-state index in [1.54, 1.807) is 0 Å². The lowest BCUT2D eigenvalue weighted by Gasteiger charge is -2.34. The van der Waals surface area contributed by atoms with Gasteiger partial charge >= 0.3 is 6.18 Å². The number of nitrogens with zero attached hydrogens (tertiary/aromatic N) is 2. The summed E-state index contributed by atoms with van der Waals surface area (Å²) in [6.07, 6.45) is -1.90. The van der Waals surface area contributed by atoms with Crippen LogP contribution in [-0.4, -0.2) is 67.7 Å². The van der Waals surface area contributed by atoms with Crippen LogP contribution in [0.3, 0.4) is 0 Å². The summed E-state index contributed by atoms with van der Waals surface area (Å²) in [6, 6.07) is 0. The average molecular weight is 330 g/mol. The quantitative estimate of drug-likeness (QED) is 0.834. The molecule has 1 N–H and O–H groups in total. The molecule has 21 heavy (non-hydrogen) atoms. The van der Waals surface area contributed by atoms with Crippen molar-refractivity contribution >= 4 is 18.3 Å². The number of carbonyl (C=O) groups is 1. The predicted octanol–water partition coefficient (Wildman–Crippen LogP) is 1.50. The zero-order valence-electron chi connectivity index (χ0n) is 12.0. The van der Waals surface area contributed by atoms with Crippen LogP contribution in [0.4, 0.5) is 13.2 Å². The molecule has 0 aromatic heterocycles. The molecule has 8 heteroatoms. The van der Waals surface area contributed by atoms with E-state index in [1.807, 2.05) is 4.90 Å². The molecule has 0 aromatic rings. The Morgan fingerprint density at radius 1 is 1.14 bits per heavy atom. The minimum absolute atomic E-state index is 0. The number of halogens is 4. The fraction of sp³-hybridized carbons (Fsp3) is 0.923. The first kappa shape index (κ1) is 18.5. The number of rotatable bonds is 2. The summed E-state index contributed by atoms with van der Waals surface area (Å²) < 4.78 is 37.3. The van der Waals surface area contributed by atoms with Gasteiger partial charge in [-0.2, -0.15) is 13.2 Å². The van der Waals surface area contributed by atoms with Crippen LogP contribution >= 0.6 is 12.4 Å². The summed E-state index contributed by atoms with van der Waals surface area (Å²) in [5, 5.41) is 3.22. The highest BCUT2D eigenvalue weighted by atomic mass is 35.5. The largest absolute Gasteiger partial charge is 0.401 e. The summed E-state index contributed by atoms with van der Waals surface area (Å²) in [6.45, 7) is 2.81. The van der Waals surface area contributed by atoms with Crippen LogP contribution in [0.5, 0.6) is 0 Å². The van der Waals surface area contributed by atoms with E-state index in [2.05, 4.69) is 5.32 Å². The Morgan fingerprint density at radius 2 is 1.90 bits per heavy atom. The van der Waals surface area contributed by atoms with Gasteiger partial charge < -0.3 is 10.2 Å². The summed E-state index contributed by atoms with van der Waals surface area (Å²) in [5.74, 6) is -0.246. The van der Waals surface area contributed by atoms with Crippen LogP contribution in [0.15, 0.2) is 0 Å². The monoisotopic (exact) mass is 329 g/mol. The van der Waals surface area contributed by atoms with Gasteiger partial charge in [0.25, 0.3) is 0 Å². The molecule has 2 heterocycles. The second-order valence-electron chi connectivity index (χ2n) is 5.62. The van der Waals surface area contributed by atoms with Crippen molar-refractivity contribution in [1.29, 1.82) is 0 Å². The molecule has 0 aliphatic carbocycles. The fourth-order valence-electron chi connectivity index (χ4n) is 2.98. The molecule has 0 spiro atoms. The molecule has 2 aliphatic rings. The summed E-state index contributed by atoms with van der Waals surface area (Å²) >= 11 is 0. The van der Waals surface area contributed by atoms with Gasteiger partial charge in [0.05, 0.1) is 12.5 Å². The molecule has 1 atom stereocenters. The Kier molecular flexibility index (Phi) is 7.23. The maximum Gasteiger partial charge on any atom is 0.401 e. The van der Waals surface area contributed by atoms with Crippen molar-refractivity contribution in [3.8, 4) is 0 Å². The third-order valence-corrected chi connectivity index (χ3v) is 3.91. The number of alkyl halides is 3. The lowest BCUT2D eigenvalue weighted by Crippen LogP contribution is -2.47. The average Bonchev–Trinajstić information content (AvgIpc) is 2.65. The Balaban J connectivity index is 0.00000220. The maximum absolute atomic E-state index is 12.4. The van der Waals surface area contributed by atoms with Crippen molar-refractivity contribution in [3.63, 3.8) is 0 Å². The molecule has 0 aromatic carbocycles. The molecule has 2 aliphatic heterocycles. The Bertz CT molecular complexity index is 333. The smallest absolute Gasteiger partial charge is 0.341 e. The third-order valence-electron chi connectivity index (χ3n) is 3.91. The van der Waals surface area contributed by atoms with Crippen molar-refractivity contribution in [2.45, 2.75) is 25.4 Å². The van der Waals surface area contributed by atoms with E-state index < -0.39 is 12.7 Å². The molecule has 0 radical (unpaired) electrons. The van der Waals surface area contributed by atoms with Crippen LogP contribution in [0.25, 0.3) is 0 Å². The lowest BCUT2D eigenvalue weighted by molar-refractivity contribution is -0.154. The Labute approximate surface area is 129 Å². The number of hydrogen-bond donors (Lipinski definition) is 1. The van der Waals surface area contributed by atoms with E-state index >= 15 is 0 Å². The molecular formula is C13H23ClF3N3O. The van der Waals surface area contributed by atoms with E-state index in [1.165, 1.54) is 4.90 Å². The van der Waals surface area contributed by atoms with E-state index in [4.69, 9.17) is 0 Å². The molecule has 1 amide bonds. The van der Waals surface area contributed by atoms with Gasteiger partial charge in [-0.05, 0) is 32.4 Å². The van der Waals surface area contributed by atoms with Crippen LogP contribution in [-0.2, 0) is 4.79 Å². The van der Waals surface area contributed by atoms with Crippen LogP contribution < -0.4 is 5.32 Å². The molecule has 2 rings (SSSR count). The SMILES string of the molecule is Cl.O=C(C1CCCN(CC(F)(F)F)C1)N1CCCNCC1. The first-order valence-electron chi connectivity index (χ1n) is 7.24. The van der Waals surface area contributed by atoms with Crippen LogP contribution in [0, 0.1) is 5.92 Å². The first-order chi connectivity index (χ1) is 9.46. The van der Waals surface area contributed by atoms with E-state index in [-0.39, 0.29) is 30.8 Å². The number of nitrogens with one attached hydrogen (secondary N) is 1. The van der Waals surface area contributed by atoms with Crippen molar-refractivity contribution in [1.82, 2.24) is 15.1 Å². The second-order valence-corrected chi connectivity index (χ2v) is 5.62. The minimum Gasteiger partial charge on any atom is -0.341 e. The van der Waals surface area contributed by atoms with Gasteiger partial charge in [0.1, 0.15) is 0 Å². The molecule has 2 saturated heterocycles. The maximum atomic E-state index is 12.4. The van der Waals surface area contributed by atoms with Crippen molar-refractivity contribution < 1.29 is 18.0 Å². The number of piperidine rings is 1. The van der Waals surface area contributed by atoms with Gasteiger partial charge in [-0.3, -0.25) is 9.69 Å². The molecule has 1 unspecified atom stereocenters. The molecule has 0 saturated carbocycles. The Hall–Kier alpha value is -0.530. The molecule has 4 nitrogen and oxygen atoms in total. The number of carbonyl (C=O) groups excluding carboxylic acids is 1. The van der Waals surface area contributed by atoms with Gasteiger partial charge in [0, 0.05) is 26.2 Å². The first-order valence-corrected chi connectivity index (χ1v) is 7.24. The van der Waals surface area contributed by atoms with Gasteiger partial charge in [-0.15, -0.1) is 12.4 Å². The zero-order valence-corrected chi connectivity index (χ0v) is 12.8. The standard InChI is InChI=1S/C13H22F3N3O.ClH/c14-13(15,16)10-18-6-1-3-11(9-18)12(20)19-7-2-4-17-5-8-19;/h11,17H,1-10H2;1H. The highest BCUT2D eigenvalue weighted by molar-refractivity contribution is 5.85. The van der Waals surface area contributed by atoms with E-state index in [0.717, 1.165) is 19.5 Å². The van der Waals surface area contributed by atoms with Crippen LogP contribution in [0.1, 0.15) is 19.3 Å². The number of hydrogen-bond acceptors (Lipinski definition) is 3. The second kappa shape index (κ2) is 8.19. The van der Waals surface area contributed by atoms with Crippen LogP contribution in [0.2, 0.25) is 0 Å². The molecular weight excluding hydrogens is 307 g/mol. The number of amides is 1. The highest BCUT2D eigenvalue weighted by Gasteiger charge is 2.35. The molecule has 0 bridgehead atoms. The summed E-state index contributed by atoms with van der Waals surface area (Å²) in [7, 11) is 0. The molecule has 124 valence electrons. The summed E-state index contributed by atoms with van der Waals surface area (Å²) in [5.41, 5.74) is 0. The topological polar surface area (TPSA) is 35.6 Å². The lowest BCUT2D eigenvalue weighted by atomic mass is 9.96. The van der Waals surface area contributed by atoms with Gasteiger partial charge in [0.15, 0.2) is 0 Å². The third kappa shape index (κ3) is 6.00. The summed E-state index contributed by atoms with van der Waals surface area (Å²) in [4.78, 5) is 15.6. The zero-order chi connectivity index (χ0) is 14.6. The highest BCUT2D eigenvalue weighted by Crippen LogP contribution is 2.23. The van der Waals surface area contributed by atoms with E-state index in [0.29, 0.717) is 32.5 Å². The predicted molar refractivity (Wildman–Crippen MR) is 76.5 cm³/mol. The Morgan fingerprint density at radius 3 is 2.62 bits per heavy atom. The van der Waals surface area contributed by atoms with Gasteiger partial charge in [0.2, 0.25) is 5.91 Å². The van der Waals surface area contributed by atoms with Gasteiger partial charge in [-0.1, -0.05) is 0 Å². The molecule has 2 fully saturated rings. The van der Waals surface area contributed by atoms with Gasteiger partial charge in [-0.25, -0.2) is 0 Å². The van der Waals surface area contributed by atoms with Crippen molar-refractivity contribution in [2.75, 3.05) is 45.8 Å². The normalized spacial score (nSPS) is 25.1.